The SMILES string of the molecule is CCCCCCCCCCCC(=O)NCC(=O)NN=Cc1cccc(Br)c1. The van der Waals surface area contributed by atoms with E-state index in [0.29, 0.717) is 6.42 Å². The molecule has 0 spiro atoms. The third kappa shape index (κ3) is 13.2. The zero-order valence-electron chi connectivity index (χ0n) is 16.3. The number of unbranched alkanes of at least 4 members (excludes halogenated alkanes) is 8. The Morgan fingerprint density at radius 2 is 1.67 bits per heavy atom. The van der Waals surface area contributed by atoms with Gasteiger partial charge >= 0.3 is 0 Å². The summed E-state index contributed by atoms with van der Waals surface area (Å²) in [5, 5.41) is 6.52. The van der Waals surface area contributed by atoms with Crippen LogP contribution in [0.2, 0.25) is 0 Å². The van der Waals surface area contributed by atoms with E-state index in [2.05, 4.69) is 38.7 Å². The van der Waals surface area contributed by atoms with Crippen molar-refractivity contribution in [1.29, 1.82) is 0 Å². The van der Waals surface area contributed by atoms with Crippen molar-refractivity contribution in [3.05, 3.63) is 34.3 Å². The van der Waals surface area contributed by atoms with Gasteiger partial charge in [0.25, 0.3) is 5.91 Å². The Kier molecular flexibility index (Phi) is 13.3. The molecule has 2 N–H and O–H groups in total. The molecule has 0 fully saturated rings. The molecule has 0 radical (unpaired) electrons. The summed E-state index contributed by atoms with van der Waals surface area (Å²) < 4.78 is 0.946. The minimum atomic E-state index is -0.332. The number of rotatable bonds is 14. The van der Waals surface area contributed by atoms with E-state index in [1.807, 2.05) is 24.3 Å². The maximum atomic E-state index is 11.8. The zero-order chi connectivity index (χ0) is 19.7. The summed E-state index contributed by atoms with van der Waals surface area (Å²) >= 11 is 3.37. The quantitative estimate of drug-likeness (QED) is 0.246. The van der Waals surface area contributed by atoms with Crippen LogP contribution >= 0.6 is 15.9 Å². The van der Waals surface area contributed by atoms with E-state index in [-0.39, 0.29) is 18.4 Å². The standard InChI is InChI=1S/C21H32BrN3O2/c1-2-3-4-5-6-7-8-9-10-14-20(26)23-17-21(27)25-24-16-18-12-11-13-19(22)15-18/h11-13,15-16H,2-10,14,17H2,1H3,(H,23,26)(H,25,27). The molecule has 27 heavy (non-hydrogen) atoms. The van der Waals surface area contributed by atoms with E-state index >= 15 is 0 Å². The van der Waals surface area contributed by atoms with Crippen molar-refractivity contribution in [2.75, 3.05) is 6.54 Å². The largest absolute Gasteiger partial charge is 0.347 e. The van der Waals surface area contributed by atoms with Gasteiger partial charge in [-0.1, -0.05) is 86.4 Å². The summed E-state index contributed by atoms with van der Waals surface area (Å²) in [5.74, 6) is -0.411. The van der Waals surface area contributed by atoms with Crippen molar-refractivity contribution in [1.82, 2.24) is 10.7 Å². The fourth-order valence-corrected chi connectivity index (χ4v) is 3.09. The lowest BCUT2D eigenvalue weighted by molar-refractivity contribution is -0.126. The Hall–Kier alpha value is -1.69. The lowest BCUT2D eigenvalue weighted by Crippen LogP contribution is -2.34. The average Bonchev–Trinajstić information content (AvgIpc) is 2.65. The minimum absolute atomic E-state index is 0.0495. The summed E-state index contributed by atoms with van der Waals surface area (Å²) in [6.07, 6.45) is 13.0. The number of hydrogen-bond donors (Lipinski definition) is 2. The molecule has 0 bridgehead atoms. The van der Waals surface area contributed by atoms with E-state index in [9.17, 15) is 9.59 Å². The normalized spacial score (nSPS) is 10.9. The number of nitrogens with one attached hydrogen (secondary N) is 2. The molecule has 0 aromatic heterocycles. The van der Waals surface area contributed by atoms with Crippen LogP contribution in [0, 0.1) is 0 Å². The zero-order valence-corrected chi connectivity index (χ0v) is 17.9. The maximum Gasteiger partial charge on any atom is 0.259 e. The van der Waals surface area contributed by atoms with Crippen LogP contribution in [-0.2, 0) is 9.59 Å². The molecular formula is C21H32BrN3O2. The van der Waals surface area contributed by atoms with E-state index in [1.54, 1.807) is 6.21 Å². The highest BCUT2D eigenvalue weighted by Crippen LogP contribution is 2.11. The molecule has 0 aliphatic carbocycles. The molecule has 1 aromatic rings. The van der Waals surface area contributed by atoms with Crippen molar-refractivity contribution < 1.29 is 9.59 Å². The van der Waals surface area contributed by atoms with Crippen LogP contribution in [0.1, 0.15) is 76.7 Å². The van der Waals surface area contributed by atoms with Gasteiger partial charge in [0, 0.05) is 10.9 Å². The molecule has 0 unspecified atom stereocenters. The highest BCUT2D eigenvalue weighted by Gasteiger charge is 2.04. The molecular weight excluding hydrogens is 406 g/mol. The molecule has 0 saturated heterocycles. The molecule has 150 valence electrons. The van der Waals surface area contributed by atoms with Gasteiger partial charge < -0.3 is 5.32 Å². The summed E-state index contributed by atoms with van der Waals surface area (Å²) in [7, 11) is 0. The highest BCUT2D eigenvalue weighted by atomic mass is 79.9. The smallest absolute Gasteiger partial charge is 0.259 e. The molecule has 0 aliphatic rings. The molecule has 0 aliphatic heterocycles. The maximum absolute atomic E-state index is 11.8. The molecule has 6 heteroatoms. The van der Waals surface area contributed by atoms with Crippen LogP contribution in [0.15, 0.2) is 33.8 Å². The van der Waals surface area contributed by atoms with Gasteiger partial charge in [-0.3, -0.25) is 9.59 Å². The molecule has 2 amide bonds. The Morgan fingerprint density at radius 3 is 2.33 bits per heavy atom. The van der Waals surface area contributed by atoms with E-state index in [4.69, 9.17) is 0 Å². The second-order valence-electron chi connectivity index (χ2n) is 6.70. The number of benzene rings is 1. The van der Waals surface area contributed by atoms with Crippen LogP contribution in [0.25, 0.3) is 0 Å². The van der Waals surface area contributed by atoms with Gasteiger partial charge in [0.1, 0.15) is 0 Å². The van der Waals surface area contributed by atoms with E-state index < -0.39 is 0 Å². The fourth-order valence-electron chi connectivity index (χ4n) is 2.67. The number of carbonyl (C=O) groups is 2. The van der Waals surface area contributed by atoms with Gasteiger partial charge in [-0.25, -0.2) is 5.43 Å². The predicted octanol–water partition coefficient (Wildman–Crippen LogP) is 4.94. The van der Waals surface area contributed by atoms with Gasteiger partial charge in [0.05, 0.1) is 12.8 Å². The number of hydrogen-bond acceptors (Lipinski definition) is 3. The van der Waals surface area contributed by atoms with Crippen molar-refractivity contribution >= 4 is 34.0 Å². The topological polar surface area (TPSA) is 70.6 Å². The van der Waals surface area contributed by atoms with Gasteiger partial charge in [-0.2, -0.15) is 5.10 Å². The first kappa shape index (κ1) is 23.3. The first-order chi connectivity index (χ1) is 13.1. The number of amides is 2. The monoisotopic (exact) mass is 437 g/mol. The van der Waals surface area contributed by atoms with Crippen molar-refractivity contribution in [2.45, 2.75) is 71.1 Å². The first-order valence-electron chi connectivity index (χ1n) is 9.96. The second-order valence-corrected chi connectivity index (χ2v) is 7.62. The molecule has 1 aromatic carbocycles. The molecule has 0 heterocycles. The third-order valence-corrected chi connectivity index (χ3v) is 4.70. The predicted molar refractivity (Wildman–Crippen MR) is 115 cm³/mol. The first-order valence-corrected chi connectivity index (χ1v) is 10.7. The Labute approximate surface area is 171 Å². The van der Waals surface area contributed by atoms with Crippen LogP contribution in [0.3, 0.4) is 0 Å². The lowest BCUT2D eigenvalue weighted by Gasteiger charge is -2.05. The summed E-state index contributed by atoms with van der Waals surface area (Å²) in [6, 6.07) is 7.58. The molecule has 0 atom stereocenters. The van der Waals surface area contributed by atoms with Gasteiger partial charge in [-0.15, -0.1) is 0 Å². The van der Waals surface area contributed by atoms with E-state index in [0.717, 1.165) is 22.9 Å². The summed E-state index contributed by atoms with van der Waals surface area (Å²) in [4.78, 5) is 23.4. The number of carbonyl (C=O) groups excluding carboxylic acids is 2. The summed E-state index contributed by atoms with van der Waals surface area (Å²) in [6.45, 7) is 2.18. The molecule has 0 saturated carbocycles. The van der Waals surface area contributed by atoms with Crippen LogP contribution < -0.4 is 10.7 Å². The van der Waals surface area contributed by atoms with Crippen molar-refractivity contribution in [3.8, 4) is 0 Å². The average molecular weight is 438 g/mol. The third-order valence-electron chi connectivity index (χ3n) is 4.21. The number of nitrogens with zero attached hydrogens (tertiary/aromatic N) is 1. The Bertz CT molecular complexity index is 591. The summed E-state index contributed by atoms with van der Waals surface area (Å²) in [5.41, 5.74) is 3.29. The Morgan fingerprint density at radius 1 is 1.00 bits per heavy atom. The second kappa shape index (κ2) is 15.4. The van der Waals surface area contributed by atoms with Gasteiger partial charge in [0.2, 0.25) is 5.91 Å². The van der Waals surface area contributed by atoms with Crippen LogP contribution in [-0.4, -0.2) is 24.6 Å². The Balaban J connectivity index is 2.01. The molecule has 5 nitrogen and oxygen atoms in total. The van der Waals surface area contributed by atoms with Crippen LogP contribution in [0.5, 0.6) is 0 Å². The van der Waals surface area contributed by atoms with Gasteiger partial charge in [-0.05, 0) is 24.1 Å². The van der Waals surface area contributed by atoms with E-state index in [1.165, 1.54) is 44.9 Å². The van der Waals surface area contributed by atoms with Crippen LogP contribution in [0.4, 0.5) is 0 Å². The number of hydrazone groups is 1. The van der Waals surface area contributed by atoms with Gasteiger partial charge in [0.15, 0.2) is 0 Å². The highest BCUT2D eigenvalue weighted by molar-refractivity contribution is 9.10. The minimum Gasteiger partial charge on any atom is -0.347 e. The fraction of sp³-hybridized carbons (Fsp3) is 0.571. The lowest BCUT2D eigenvalue weighted by atomic mass is 10.1. The van der Waals surface area contributed by atoms with Crippen molar-refractivity contribution in [3.63, 3.8) is 0 Å². The number of halogens is 1. The van der Waals surface area contributed by atoms with Crippen molar-refractivity contribution in [2.24, 2.45) is 5.10 Å². The molecule has 1 rings (SSSR count).